The summed E-state index contributed by atoms with van der Waals surface area (Å²) in [6.07, 6.45) is -8.75. The number of hydrogen-bond donors (Lipinski definition) is 1. The first-order chi connectivity index (χ1) is 16.1. The molecule has 0 aliphatic carbocycles. The topological polar surface area (TPSA) is 120 Å². The van der Waals surface area contributed by atoms with Crippen molar-refractivity contribution in [3.05, 3.63) is 35.9 Å². The minimum atomic E-state index is -4.49. The molecule has 0 bridgehead atoms. The maximum atomic E-state index is 13.3. The van der Waals surface area contributed by atoms with Crippen molar-refractivity contribution < 1.29 is 46.0 Å². The summed E-state index contributed by atoms with van der Waals surface area (Å²) in [5.41, 5.74) is -0.236. The van der Waals surface area contributed by atoms with Crippen LogP contribution in [-0.2, 0) is 35.3 Å². The van der Waals surface area contributed by atoms with Crippen molar-refractivity contribution in [2.45, 2.75) is 64.5 Å². The number of halogens is 3. The standard InChI is InChI=1S/C22H31F3N2O7S/c1-21(2,3)34-19(29)26-17(18(28)32-4)11-14-35(31,13-8-12-22(23,24)25)27-20(30)33-15-16-9-6-5-7-10-16/h5-7,9-10,17H,8,11-15H2,1-4H3,(H,26,29)/t17-,35-/m0/s1. The predicted octanol–water partition coefficient (Wildman–Crippen LogP) is 4.59. The number of carbonyl (C=O) groups excluding carboxylic acids is 3. The molecule has 1 aromatic rings. The number of nitrogens with one attached hydrogen (secondary N) is 1. The Labute approximate surface area is 202 Å². The molecule has 1 rings (SSSR count). The van der Waals surface area contributed by atoms with Crippen molar-refractivity contribution in [2.24, 2.45) is 4.36 Å². The van der Waals surface area contributed by atoms with E-state index in [4.69, 9.17) is 9.47 Å². The molecule has 2 amide bonds. The van der Waals surface area contributed by atoms with Gasteiger partial charge in [0.2, 0.25) is 0 Å². The molecular weight excluding hydrogens is 493 g/mol. The van der Waals surface area contributed by atoms with Gasteiger partial charge in [-0.2, -0.15) is 13.2 Å². The molecule has 0 spiro atoms. The lowest BCUT2D eigenvalue weighted by Gasteiger charge is -2.23. The number of benzene rings is 1. The first-order valence-corrected chi connectivity index (χ1v) is 12.5. The van der Waals surface area contributed by atoms with Crippen molar-refractivity contribution in [3.8, 4) is 0 Å². The fourth-order valence-electron chi connectivity index (χ4n) is 2.72. The number of hydrogen-bond acceptors (Lipinski definition) is 7. The van der Waals surface area contributed by atoms with Crippen LogP contribution in [0, 0.1) is 0 Å². The molecule has 0 fully saturated rings. The van der Waals surface area contributed by atoms with Crippen molar-refractivity contribution >= 4 is 27.9 Å². The molecule has 0 radical (unpaired) electrons. The number of alkyl halides is 3. The Hall–Kier alpha value is -2.83. The normalized spacial score (nSPS) is 14.3. The van der Waals surface area contributed by atoms with Crippen LogP contribution < -0.4 is 5.32 Å². The fourth-order valence-corrected chi connectivity index (χ4v) is 4.63. The van der Waals surface area contributed by atoms with Crippen molar-refractivity contribution in [2.75, 3.05) is 18.6 Å². The number of carbonyl (C=O) groups is 3. The predicted molar refractivity (Wildman–Crippen MR) is 122 cm³/mol. The highest BCUT2D eigenvalue weighted by Gasteiger charge is 2.29. The summed E-state index contributed by atoms with van der Waals surface area (Å²) in [6, 6.07) is 7.21. The number of methoxy groups -OCH3 is 1. The number of nitrogens with zero attached hydrogens (tertiary/aromatic N) is 1. The highest BCUT2D eigenvalue weighted by molar-refractivity contribution is 7.93. The van der Waals surface area contributed by atoms with Crippen LogP contribution in [0.1, 0.15) is 45.6 Å². The molecule has 0 unspecified atom stereocenters. The van der Waals surface area contributed by atoms with E-state index in [1.807, 2.05) is 0 Å². The van der Waals surface area contributed by atoms with E-state index in [1.165, 1.54) is 0 Å². The summed E-state index contributed by atoms with van der Waals surface area (Å²) in [5, 5.41) is 2.28. The van der Waals surface area contributed by atoms with Crippen molar-refractivity contribution in [3.63, 3.8) is 0 Å². The molecular formula is C22H31F3N2O7S. The van der Waals surface area contributed by atoms with Gasteiger partial charge in [-0.25, -0.2) is 18.6 Å². The molecule has 2 atom stereocenters. The maximum Gasteiger partial charge on any atom is 0.442 e. The van der Waals surface area contributed by atoms with Crippen molar-refractivity contribution in [1.82, 2.24) is 5.32 Å². The second-order valence-electron chi connectivity index (χ2n) is 8.54. The van der Waals surface area contributed by atoms with E-state index in [0.29, 0.717) is 5.56 Å². The molecule has 0 saturated heterocycles. The lowest BCUT2D eigenvalue weighted by atomic mass is 10.2. The van der Waals surface area contributed by atoms with Crippen LogP contribution >= 0.6 is 0 Å². The van der Waals surface area contributed by atoms with E-state index < -0.39 is 70.1 Å². The molecule has 35 heavy (non-hydrogen) atoms. The van der Waals surface area contributed by atoms with E-state index in [1.54, 1.807) is 51.1 Å². The SMILES string of the molecule is COC(=O)[C@H](CC[S@@](=O)(CCCC(F)(F)F)=NC(=O)OCc1ccccc1)NC(=O)OC(C)(C)C. The monoisotopic (exact) mass is 524 g/mol. The van der Waals surface area contributed by atoms with Crippen LogP contribution in [0.25, 0.3) is 0 Å². The van der Waals surface area contributed by atoms with Gasteiger partial charge < -0.3 is 19.5 Å². The molecule has 13 heteroatoms. The third kappa shape index (κ3) is 13.6. The molecule has 1 N–H and O–H groups in total. The average Bonchev–Trinajstić information content (AvgIpc) is 2.73. The van der Waals surface area contributed by atoms with Crippen molar-refractivity contribution in [1.29, 1.82) is 0 Å². The zero-order chi connectivity index (χ0) is 26.7. The highest BCUT2D eigenvalue weighted by Crippen LogP contribution is 2.22. The van der Waals surface area contributed by atoms with E-state index in [-0.39, 0.29) is 13.0 Å². The fraction of sp³-hybridized carbons (Fsp3) is 0.591. The Balaban J connectivity index is 2.99. The molecule has 0 heterocycles. The number of ether oxygens (including phenoxy) is 3. The zero-order valence-electron chi connectivity index (χ0n) is 20.1. The number of rotatable bonds is 10. The summed E-state index contributed by atoms with van der Waals surface area (Å²) in [5.74, 6) is -1.92. The summed E-state index contributed by atoms with van der Waals surface area (Å²) >= 11 is 0. The summed E-state index contributed by atoms with van der Waals surface area (Å²) in [4.78, 5) is 36.3. The smallest absolute Gasteiger partial charge is 0.442 e. The zero-order valence-corrected chi connectivity index (χ0v) is 20.9. The summed E-state index contributed by atoms with van der Waals surface area (Å²) in [7, 11) is -2.50. The first-order valence-electron chi connectivity index (χ1n) is 10.7. The van der Waals surface area contributed by atoms with E-state index in [9.17, 15) is 31.8 Å². The van der Waals surface area contributed by atoms with Gasteiger partial charge in [0.25, 0.3) is 0 Å². The first kappa shape index (κ1) is 30.2. The Morgan fingerprint density at radius 2 is 1.71 bits per heavy atom. The Morgan fingerprint density at radius 1 is 1.09 bits per heavy atom. The Kier molecular flexibility index (Phi) is 11.5. The molecule has 198 valence electrons. The van der Waals surface area contributed by atoms with Gasteiger partial charge in [-0.3, -0.25) is 0 Å². The van der Waals surface area contributed by atoms with E-state index >= 15 is 0 Å². The molecule has 0 saturated carbocycles. The van der Waals surface area contributed by atoms with Crippen LogP contribution in [0.4, 0.5) is 22.8 Å². The average molecular weight is 525 g/mol. The lowest BCUT2D eigenvalue weighted by Crippen LogP contribution is -2.45. The van der Waals surface area contributed by atoms with Crippen LogP contribution in [0.15, 0.2) is 34.7 Å². The Morgan fingerprint density at radius 3 is 2.26 bits per heavy atom. The molecule has 1 aromatic carbocycles. The van der Waals surface area contributed by atoms with Crippen LogP contribution in [0.3, 0.4) is 0 Å². The number of esters is 1. The second kappa shape index (κ2) is 13.3. The van der Waals surface area contributed by atoms with Gasteiger partial charge in [-0.1, -0.05) is 30.3 Å². The molecule has 9 nitrogen and oxygen atoms in total. The molecule has 0 aliphatic heterocycles. The van der Waals surface area contributed by atoms with Gasteiger partial charge in [-0.15, -0.1) is 4.36 Å². The summed E-state index contributed by atoms with van der Waals surface area (Å²) in [6.45, 7) is 4.64. The van der Waals surface area contributed by atoms with Gasteiger partial charge in [-0.05, 0) is 39.2 Å². The third-order valence-electron chi connectivity index (χ3n) is 4.27. The Bertz CT molecular complexity index is 970. The second-order valence-corrected chi connectivity index (χ2v) is 11.1. The minimum Gasteiger partial charge on any atom is -0.467 e. The van der Waals surface area contributed by atoms with Crippen LogP contribution in [0.5, 0.6) is 0 Å². The van der Waals surface area contributed by atoms with Crippen LogP contribution in [-0.4, -0.2) is 58.8 Å². The largest absolute Gasteiger partial charge is 0.467 e. The van der Waals surface area contributed by atoms with Gasteiger partial charge >= 0.3 is 24.3 Å². The highest BCUT2D eigenvalue weighted by atomic mass is 32.2. The van der Waals surface area contributed by atoms with Gasteiger partial charge in [0.15, 0.2) is 0 Å². The van der Waals surface area contributed by atoms with Crippen LogP contribution in [0.2, 0.25) is 0 Å². The minimum absolute atomic E-state index is 0.174. The maximum absolute atomic E-state index is 13.3. The quantitative estimate of drug-likeness (QED) is 0.351. The van der Waals surface area contributed by atoms with Gasteiger partial charge in [0, 0.05) is 17.9 Å². The third-order valence-corrected chi connectivity index (χ3v) is 6.55. The van der Waals surface area contributed by atoms with Gasteiger partial charge in [0.05, 0.1) is 16.8 Å². The van der Waals surface area contributed by atoms with Gasteiger partial charge in [0.1, 0.15) is 18.2 Å². The van der Waals surface area contributed by atoms with E-state index in [2.05, 4.69) is 14.4 Å². The summed E-state index contributed by atoms with van der Waals surface area (Å²) < 4.78 is 69.4. The lowest BCUT2D eigenvalue weighted by molar-refractivity contribution is -0.143. The molecule has 0 aliphatic rings. The number of amides is 2. The van der Waals surface area contributed by atoms with E-state index in [0.717, 1.165) is 7.11 Å². The number of alkyl carbamates (subject to hydrolysis) is 1. The molecule has 0 aromatic heterocycles.